The van der Waals surface area contributed by atoms with Gasteiger partial charge in [0.1, 0.15) is 5.75 Å². The summed E-state index contributed by atoms with van der Waals surface area (Å²) < 4.78 is 11.6. The largest absolute Gasteiger partial charge is 0.440 e. The van der Waals surface area contributed by atoms with Crippen LogP contribution in [-0.2, 0) is 0 Å². The van der Waals surface area contributed by atoms with Crippen molar-refractivity contribution in [2.24, 2.45) is 0 Å². The first-order chi connectivity index (χ1) is 13.2. The number of para-hydroxylation sites is 2. The molecule has 1 aliphatic carbocycles. The number of hydrogen-bond donors (Lipinski definition) is 2. The summed E-state index contributed by atoms with van der Waals surface area (Å²) in [5.41, 5.74) is 8.46. The lowest BCUT2D eigenvalue weighted by atomic mass is 10.2. The Morgan fingerprint density at radius 2 is 1.81 bits per heavy atom. The molecule has 0 saturated heterocycles. The van der Waals surface area contributed by atoms with Crippen LogP contribution in [0.15, 0.2) is 79.3 Å². The van der Waals surface area contributed by atoms with Crippen LogP contribution in [0.25, 0.3) is 0 Å². The minimum absolute atomic E-state index is 0.391. The molecule has 0 bridgehead atoms. The number of benzene rings is 2. The van der Waals surface area contributed by atoms with Gasteiger partial charge in [0.25, 0.3) is 0 Å². The lowest BCUT2D eigenvalue weighted by molar-refractivity contribution is 0.437. The quantitative estimate of drug-likeness (QED) is 0.443. The third kappa shape index (κ3) is 4.20. The number of nitrogens with zero attached hydrogens (tertiary/aromatic N) is 1. The fourth-order valence-corrected chi connectivity index (χ4v) is 2.80. The van der Waals surface area contributed by atoms with E-state index in [1.165, 1.54) is 18.4 Å². The van der Waals surface area contributed by atoms with Crippen molar-refractivity contribution in [3.05, 3.63) is 84.9 Å². The van der Waals surface area contributed by atoms with Gasteiger partial charge in [0.15, 0.2) is 11.6 Å². The number of anilines is 2. The summed E-state index contributed by atoms with van der Waals surface area (Å²) in [5, 5.41) is 3.10. The van der Waals surface area contributed by atoms with E-state index >= 15 is 0 Å². The van der Waals surface area contributed by atoms with Crippen LogP contribution in [0.3, 0.4) is 0 Å². The third-order valence-electron chi connectivity index (χ3n) is 4.32. The molecule has 27 heavy (non-hydrogen) atoms. The van der Waals surface area contributed by atoms with Gasteiger partial charge in [-0.05, 0) is 67.8 Å². The molecule has 1 fully saturated rings. The van der Waals surface area contributed by atoms with Crippen LogP contribution in [0.5, 0.6) is 17.4 Å². The zero-order valence-electron chi connectivity index (χ0n) is 14.9. The maximum absolute atomic E-state index is 5.97. The molecular weight excluding hydrogens is 338 g/mol. The summed E-state index contributed by atoms with van der Waals surface area (Å²) >= 11 is 0. The fraction of sp³-hybridized carbons (Fsp3) is 0.136. The Morgan fingerprint density at radius 3 is 2.56 bits per heavy atom. The Hall–Kier alpha value is -3.47. The highest BCUT2D eigenvalue weighted by Gasteiger charge is 2.27. The van der Waals surface area contributed by atoms with Crippen LogP contribution in [0.4, 0.5) is 11.4 Å². The summed E-state index contributed by atoms with van der Waals surface area (Å²) in [6.45, 7) is 3.88. The number of ether oxygens (including phenoxy) is 2. The van der Waals surface area contributed by atoms with E-state index in [2.05, 4.69) is 22.9 Å². The second-order valence-electron chi connectivity index (χ2n) is 6.49. The number of pyridine rings is 1. The van der Waals surface area contributed by atoms with Gasteiger partial charge in [0, 0.05) is 17.4 Å². The predicted octanol–water partition coefficient (Wildman–Crippen LogP) is 5.30. The third-order valence-corrected chi connectivity index (χ3v) is 4.32. The fourth-order valence-electron chi connectivity index (χ4n) is 2.80. The zero-order valence-corrected chi connectivity index (χ0v) is 14.9. The molecule has 0 radical (unpaired) electrons. The van der Waals surface area contributed by atoms with Crippen LogP contribution in [0.2, 0.25) is 0 Å². The molecule has 3 aromatic rings. The summed E-state index contributed by atoms with van der Waals surface area (Å²) in [6, 6.07) is 18.9. The van der Waals surface area contributed by atoms with Crippen molar-refractivity contribution in [2.75, 3.05) is 11.1 Å². The molecule has 1 aromatic heterocycles. The number of hydrogen-bond acceptors (Lipinski definition) is 5. The van der Waals surface area contributed by atoms with E-state index in [9.17, 15) is 0 Å². The summed E-state index contributed by atoms with van der Waals surface area (Å²) in [6.07, 6.45) is 4.17. The van der Waals surface area contributed by atoms with Gasteiger partial charge in [-0.2, -0.15) is 0 Å². The molecule has 5 heteroatoms. The molecule has 5 nitrogen and oxygen atoms in total. The molecule has 0 unspecified atom stereocenters. The minimum atomic E-state index is 0.391. The molecule has 3 N–H and O–H groups in total. The smallest absolute Gasteiger partial charge is 0.222 e. The van der Waals surface area contributed by atoms with Crippen molar-refractivity contribution in [3.8, 4) is 17.4 Å². The van der Waals surface area contributed by atoms with Gasteiger partial charge in [-0.1, -0.05) is 18.2 Å². The highest BCUT2D eigenvalue weighted by atomic mass is 16.5. The van der Waals surface area contributed by atoms with Crippen LogP contribution in [-0.4, -0.2) is 4.98 Å². The van der Waals surface area contributed by atoms with Crippen LogP contribution in [0.1, 0.15) is 24.3 Å². The van der Waals surface area contributed by atoms with E-state index in [4.69, 9.17) is 15.2 Å². The van der Waals surface area contributed by atoms with E-state index in [1.807, 2.05) is 42.5 Å². The number of nitrogens with two attached hydrogens (primary N) is 1. The average molecular weight is 359 g/mol. The molecule has 4 rings (SSSR count). The topological polar surface area (TPSA) is 69.4 Å². The first-order valence-electron chi connectivity index (χ1n) is 8.90. The molecule has 1 saturated carbocycles. The van der Waals surface area contributed by atoms with E-state index in [0.29, 0.717) is 29.1 Å². The molecule has 1 heterocycles. The van der Waals surface area contributed by atoms with Crippen LogP contribution in [0, 0.1) is 0 Å². The van der Waals surface area contributed by atoms with E-state index in [-0.39, 0.29) is 0 Å². The van der Waals surface area contributed by atoms with Crippen molar-refractivity contribution in [2.45, 2.75) is 18.8 Å². The second kappa shape index (κ2) is 7.41. The molecule has 2 aromatic carbocycles. The van der Waals surface area contributed by atoms with E-state index in [1.54, 1.807) is 18.3 Å². The van der Waals surface area contributed by atoms with Crippen molar-refractivity contribution >= 4 is 11.4 Å². The Labute approximate surface area is 158 Å². The highest BCUT2D eigenvalue weighted by molar-refractivity contribution is 5.54. The van der Waals surface area contributed by atoms with Gasteiger partial charge >= 0.3 is 0 Å². The number of nitrogens with one attached hydrogen (secondary N) is 1. The SMILES string of the molecule is C=C(Nc1ccc(Oc2ncccc2C2CC2)cc1)Oc1ccccc1N. The Bertz CT molecular complexity index is 950. The Morgan fingerprint density at radius 1 is 1.04 bits per heavy atom. The first kappa shape index (κ1) is 17.0. The standard InChI is InChI=1S/C22H21N3O2/c1-15(26-21-7-3-2-6-20(21)23)25-17-10-12-18(13-11-17)27-22-19(16-8-9-16)5-4-14-24-22/h2-7,10-14,16,25H,1,8-9,23H2. The molecule has 136 valence electrons. The maximum Gasteiger partial charge on any atom is 0.222 e. The Kier molecular flexibility index (Phi) is 4.66. The molecule has 0 amide bonds. The average Bonchev–Trinajstić information content (AvgIpc) is 3.51. The second-order valence-corrected chi connectivity index (χ2v) is 6.49. The van der Waals surface area contributed by atoms with Gasteiger partial charge in [-0.25, -0.2) is 4.98 Å². The lowest BCUT2D eigenvalue weighted by Gasteiger charge is -2.13. The molecule has 0 atom stereocenters. The summed E-state index contributed by atoms with van der Waals surface area (Å²) in [5.74, 6) is 2.97. The van der Waals surface area contributed by atoms with Gasteiger partial charge in [-0.15, -0.1) is 0 Å². The van der Waals surface area contributed by atoms with E-state index in [0.717, 1.165) is 11.4 Å². The van der Waals surface area contributed by atoms with Gasteiger partial charge < -0.3 is 20.5 Å². The minimum Gasteiger partial charge on any atom is -0.440 e. The monoisotopic (exact) mass is 359 g/mol. The van der Waals surface area contributed by atoms with Crippen molar-refractivity contribution in [3.63, 3.8) is 0 Å². The molecule has 0 aliphatic heterocycles. The molecule has 1 aliphatic rings. The van der Waals surface area contributed by atoms with Gasteiger partial charge in [-0.3, -0.25) is 0 Å². The predicted molar refractivity (Wildman–Crippen MR) is 107 cm³/mol. The van der Waals surface area contributed by atoms with Crippen molar-refractivity contribution < 1.29 is 9.47 Å². The summed E-state index contributed by atoms with van der Waals surface area (Å²) in [4.78, 5) is 4.38. The zero-order chi connectivity index (χ0) is 18.6. The van der Waals surface area contributed by atoms with Gasteiger partial charge in [0.05, 0.1) is 5.69 Å². The van der Waals surface area contributed by atoms with Crippen LogP contribution >= 0.6 is 0 Å². The molecule has 0 spiro atoms. The maximum atomic E-state index is 5.97. The number of aromatic nitrogens is 1. The van der Waals surface area contributed by atoms with Crippen molar-refractivity contribution in [1.29, 1.82) is 0 Å². The number of rotatable bonds is 7. The van der Waals surface area contributed by atoms with Gasteiger partial charge in [0.2, 0.25) is 5.88 Å². The molecular formula is C22H21N3O2. The van der Waals surface area contributed by atoms with E-state index < -0.39 is 0 Å². The van der Waals surface area contributed by atoms with Crippen LogP contribution < -0.4 is 20.5 Å². The number of nitrogen functional groups attached to an aromatic ring is 1. The lowest BCUT2D eigenvalue weighted by Crippen LogP contribution is -2.06. The Balaban J connectivity index is 1.39. The van der Waals surface area contributed by atoms with Crippen molar-refractivity contribution in [1.82, 2.24) is 4.98 Å². The normalized spacial score (nSPS) is 13.0. The first-order valence-corrected chi connectivity index (χ1v) is 8.90. The highest BCUT2D eigenvalue weighted by Crippen LogP contribution is 2.44. The summed E-state index contributed by atoms with van der Waals surface area (Å²) in [7, 11) is 0.